The summed E-state index contributed by atoms with van der Waals surface area (Å²) < 4.78 is 0. The van der Waals surface area contributed by atoms with Crippen molar-refractivity contribution in [2.75, 3.05) is 0 Å². The van der Waals surface area contributed by atoms with Gasteiger partial charge in [-0.3, -0.25) is 0 Å². The third-order valence-electron chi connectivity index (χ3n) is 4.12. The SMILES string of the molecule is C1=C[C@@H]2N(C=C1)C=C(c1ccccc1)N2Cc1ccccc1. The minimum absolute atomic E-state index is 0.264. The van der Waals surface area contributed by atoms with Gasteiger partial charge in [0.25, 0.3) is 0 Å². The Bertz CT molecular complexity index is 729. The average Bonchev–Trinajstić information content (AvgIpc) is 2.95. The first-order valence-corrected chi connectivity index (χ1v) is 7.62. The molecule has 0 aromatic heterocycles. The summed E-state index contributed by atoms with van der Waals surface area (Å²) in [5.74, 6) is 0. The molecule has 2 aliphatic rings. The third kappa shape index (κ3) is 2.33. The highest BCUT2D eigenvalue weighted by atomic mass is 15.4. The summed E-state index contributed by atoms with van der Waals surface area (Å²) in [5.41, 5.74) is 3.86. The number of nitrogens with zero attached hydrogens (tertiary/aromatic N) is 2. The highest BCUT2D eigenvalue weighted by molar-refractivity contribution is 5.66. The van der Waals surface area contributed by atoms with Gasteiger partial charge in [0.2, 0.25) is 0 Å². The molecule has 0 spiro atoms. The molecule has 0 unspecified atom stereocenters. The standard InChI is InChI=1S/C20H18N2/c1-3-9-17(10-4-1)15-22-19(18-11-5-2-6-12-18)16-21-14-8-7-13-20(21)22/h1-14,16,20H,15H2/t20-/m1/s1. The van der Waals surface area contributed by atoms with Crippen molar-refractivity contribution in [1.29, 1.82) is 0 Å². The van der Waals surface area contributed by atoms with Crippen molar-refractivity contribution in [3.8, 4) is 0 Å². The molecule has 2 heterocycles. The van der Waals surface area contributed by atoms with Gasteiger partial charge in [-0.2, -0.15) is 0 Å². The normalized spacial score (nSPS) is 19.3. The molecule has 0 saturated carbocycles. The molecule has 2 aromatic rings. The number of hydrogen-bond acceptors (Lipinski definition) is 2. The second kappa shape index (κ2) is 5.57. The van der Waals surface area contributed by atoms with Crippen molar-refractivity contribution >= 4 is 5.70 Å². The zero-order chi connectivity index (χ0) is 14.8. The molecule has 2 heteroatoms. The van der Waals surface area contributed by atoms with E-state index in [1.165, 1.54) is 16.8 Å². The molecule has 2 aliphatic heterocycles. The topological polar surface area (TPSA) is 6.48 Å². The Morgan fingerprint density at radius 3 is 2.32 bits per heavy atom. The molecule has 0 radical (unpaired) electrons. The fraction of sp³-hybridized carbons (Fsp3) is 0.100. The largest absolute Gasteiger partial charge is 0.341 e. The molecule has 0 N–H and O–H groups in total. The predicted octanol–water partition coefficient (Wildman–Crippen LogP) is 4.21. The van der Waals surface area contributed by atoms with Crippen LogP contribution in [0.15, 0.2) is 91.3 Å². The summed E-state index contributed by atoms with van der Waals surface area (Å²) in [6, 6.07) is 21.3. The molecular formula is C20H18N2. The summed E-state index contributed by atoms with van der Waals surface area (Å²) in [6.07, 6.45) is 11.1. The van der Waals surface area contributed by atoms with E-state index in [2.05, 4.69) is 101 Å². The number of allylic oxidation sites excluding steroid dienone is 2. The van der Waals surface area contributed by atoms with Gasteiger partial charge in [-0.25, -0.2) is 0 Å². The smallest absolute Gasteiger partial charge is 0.125 e. The molecule has 2 aromatic carbocycles. The van der Waals surface area contributed by atoms with Gasteiger partial charge in [-0.1, -0.05) is 66.7 Å². The van der Waals surface area contributed by atoms with Gasteiger partial charge >= 0.3 is 0 Å². The molecule has 0 saturated heterocycles. The molecule has 0 amide bonds. The Balaban J connectivity index is 1.71. The van der Waals surface area contributed by atoms with Gasteiger partial charge < -0.3 is 9.80 Å². The van der Waals surface area contributed by atoms with Crippen LogP contribution in [-0.2, 0) is 6.54 Å². The average molecular weight is 286 g/mol. The van der Waals surface area contributed by atoms with Crippen LogP contribution in [0.3, 0.4) is 0 Å². The van der Waals surface area contributed by atoms with Crippen LogP contribution in [-0.4, -0.2) is 16.0 Å². The number of hydrogen-bond donors (Lipinski definition) is 0. The van der Waals surface area contributed by atoms with Gasteiger partial charge in [-0.05, 0) is 23.3 Å². The highest BCUT2D eigenvalue weighted by Gasteiger charge is 2.30. The lowest BCUT2D eigenvalue weighted by atomic mass is 10.1. The maximum absolute atomic E-state index is 2.45. The van der Waals surface area contributed by atoms with Crippen LogP contribution < -0.4 is 0 Å². The maximum Gasteiger partial charge on any atom is 0.125 e. The summed E-state index contributed by atoms with van der Waals surface area (Å²) in [7, 11) is 0. The van der Waals surface area contributed by atoms with Crippen molar-refractivity contribution in [2.24, 2.45) is 0 Å². The van der Waals surface area contributed by atoms with Gasteiger partial charge in [0.15, 0.2) is 0 Å². The van der Waals surface area contributed by atoms with E-state index in [1.54, 1.807) is 0 Å². The van der Waals surface area contributed by atoms with E-state index < -0.39 is 0 Å². The summed E-state index contributed by atoms with van der Waals surface area (Å²) >= 11 is 0. The summed E-state index contributed by atoms with van der Waals surface area (Å²) in [4.78, 5) is 4.72. The van der Waals surface area contributed by atoms with Gasteiger partial charge in [0.1, 0.15) is 6.17 Å². The maximum atomic E-state index is 2.45. The first-order chi connectivity index (χ1) is 10.9. The Labute approximate surface area is 131 Å². The quantitative estimate of drug-likeness (QED) is 0.834. The first-order valence-electron chi connectivity index (χ1n) is 7.62. The zero-order valence-corrected chi connectivity index (χ0v) is 12.3. The molecule has 0 fully saturated rings. The predicted molar refractivity (Wildman–Crippen MR) is 90.3 cm³/mol. The Morgan fingerprint density at radius 2 is 1.55 bits per heavy atom. The van der Waals surface area contributed by atoms with E-state index in [0.717, 1.165) is 6.54 Å². The third-order valence-corrected chi connectivity index (χ3v) is 4.12. The van der Waals surface area contributed by atoms with E-state index in [-0.39, 0.29) is 6.17 Å². The monoisotopic (exact) mass is 286 g/mol. The fourth-order valence-electron chi connectivity index (χ4n) is 3.05. The van der Waals surface area contributed by atoms with E-state index in [0.29, 0.717) is 0 Å². The van der Waals surface area contributed by atoms with Crippen LogP contribution in [0.2, 0.25) is 0 Å². The van der Waals surface area contributed by atoms with E-state index in [4.69, 9.17) is 0 Å². The van der Waals surface area contributed by atoms with Crippen LogP contribution in [0, 0.1) is 0 Å². The highest BCUT2D eigenvalue weighted by Crippen LogP contribution is 2.34. The van der Waals surface area contributed by atoms with Crippen LogP contribution >= 0.6 is 0 Å². The molecule has 108 valence electrons. The van der Waals surface area contributed by atoms with E-state index >= 15 is 0 Å². The fourth-order valence-corrected chi connectivity index (χ4v) is 3.05. The zero-order valence-electron chi connectivity index (χ0n) is 12.3. The molecule has 22 heavy (non-hydrogen) atoms. The summed E-state index contributed by atoms with van der Waals surface area (Å²) in [5, 5.41) is 0. The second-order valence-electron chi connectivity index (χ2n) is 5.58. The Hall–Kier alpha value is -2.74. The van der Waals surface area contributed by atoms with Gasteiger partial charge in [0, 0.05) is 18.9 Å². The molecule has 0 aliphatic carbocycles. The van der Waals surface area contributed by atoms with Crippen molar-refractivity contribution < 1.29 is 0 Å². The van der Waals surface area contributed by atoms with E-state index in [9.17, 15) is 0 Å². The minimum atomic E-state index is 0.264. The molecular weight excluding hydrogens is 268 g/mol. The number of rotatable bonds is 3. The van der Waals surface area contributed by atoms with Crippen LogP contribution in [0.25, 0.3) is 5.70 Å². The minimum Gasteiger partial charge on any atom is -0.341 e. The lowest BCUT2D eigenvalue weighted by molar-refractivity contribution is 0.240. The number of benzene rings is 2. The summed E-state index contributed by atoms with van der Waals surface area (Å²) in [6.45, 7) is 0.904. The van der Waals surface area contributed by atoms with Crippen LogP contribution in [0.1, 0.15) is 11.1 Å². The number of fused-ring (bicyclic) bond motifs is 1. The van der Waals surface area contributed by atoms with Crippen LogP contribution in [0.5, 0.6) is 0 Å². The Kier molecular flexibility index (Phi) is 3.28. The lowest BCUT2D eigenvalue weighted by Gasteiger charge is -2.32. The Morgan fingerprint density at radius 1 is 0.818 bits per heavy atom. The van der Waals surface area contributed by atoms with Crippen molar-refractivity contribution in [2.45, 2.75) is 12.7 Å². The van der Waals surface area contributed by atoms with Gasteiger partial charge in [-0.15, -0.1) is 0 Å². The second-order valence-corrected chi connectivity index (χ2v) is 5.58. The van der Waals surface area contributed by atoms with E-state index in [1.807, 2.05) is 0 Å². The molecule has 0 bridgehead atoms. The molecule has 2 nitrogen and oxygen atoms in total. The van der Waals surface area contributed by atoms with Crippen molar-refractivity contribution in [3.05, 3.63) is 102 Å². The molecule has 4 rings (SSSR count). The van der Waals surface area contributed by atoms with Crippen LogP contribution in [0.4, 0.5) is 0 Å². The van der Waals surface area contributed by atoms with Gasteiger partial charge in [0.05, 0.1) is 5.70 Å². The molecule has 1 atom stereocenters. The van der Waals surface area contributed by atoms with Crippen molar-refractivity contribution in [3.63, 3.8) is 0 Å². The van der Waals surface area contributed by atoms with Crippen molar-refractivity contribution in [1.82, 2.24) is 9.80 Å². The first kappa shape index (κ1) is 13.0. The lowest BCUT2D eigenvalue weighted by Crippen LogP contribution is -2.36.